The zero-order valence-electron chi connectivity index (χ0n) is 11.3. The van der Waals surface area contributed by atoms with Crippen LogP contribution in [0.2, 0.25) is 0 Å². The molecule has 0 saturated carbocycles. The molecule has 1 fully saturated rings. The van der Waals surface area contributed by atoms with Crippen LogP contribution in [-0.4, -0.2) is 24.0 Å². The van der Waals surface area contributed by atoms with Gasteiger partial charge in [-0.1, -0.05) is 20.8 Å². The van der Waals surface area contributed by atoms with Gasteiger partial charge in [-0.2, -0.15) is 0 Å². The maximum Gasteiger partial charge on any atom is 0.238 e. The molecule has 0 spiro atoms. The lowest BCUT2D eigenvalue weighted by atomic mass is 9.77. The molecular formula is C13H26N2O. The van der Waals surface area contributed by atoms with Gasteiger partial charge in [-0.25, -0.2) is 0 Å². The van der Waals surface area contributed by atoms with Gasteiger partial charge in [-0.05, 0) is 45.1 Å². The van der Waals surface area contributed by atoms with Crippen LogP contribution in [0.1, 0.15) is 53.9 Å². The highest BCUT2D eigenvalue weighted by Gasteiger charge is 2.38. The summed E-state index contributed by atoms with van der Waals surface area (Å²) in [5, 5.41) is 6.47. The topological polar surface area (TPSA) is 41.1 Å². The van der Waals surface area contributed by atoms with Gasteiger partial charge in [0.2, 0.25) is 5.91 Å². The molecule has 0 aromatic heterocycles. The summed E-state index contributed by atoms with van der Waals surface area (Å²) in [5.74, 6) is 0.150. The molecular weight excluding hydrogens is 200 g/mol. The van der Waals surface area contributed by atoms with E-state index in [1.807, 2.05) is 0 Å². The number of carbonyl (C=O) groups excluding carboxylic acids is 1. The molecule has 0 radical (unpaired) electrons. The number of hydrogen-bond acceptors (Lipinski definition) is 2. The highest BCUT2D eigenvalue weighted by Crippen LogP contribution is 2.30. The van der Waals surface area contributed by atoms with Crippen molar-refractivity contribution in [1.82, 2.24) is 10.6 Å². The summed E-state index contributed by atoms with van der Waals surface area (Å²) >= 11 is 0. The van der Waals surface area contributed by atoms with Gasteiger partial charge in [-0.3, -0.25) is 4.79 Å². The zero-order chi connectivity index (χ0) is 12.4. The molecule has 1 amide bonds. The molecule has 0 aliphatic carbocycles. The van der Waals surface area contributed by atoms with Crippen molar-refractivity contribution in [3.05, 3.63) is 0 Å². The maximum absolute atomic E-state index is 12.2. The van der Waals surface area contributed by atoms with Crippen LogP contribution in [0.5, 0.6) is 0 Å². The monoisotopic (exact) mass is 226 g/mol. The average molecular weight is 226 g/mol. The van der Waals surface area contributed by atoms with E-state index in [1.165, 1.54) is 0 Å². The molecule has 2 N–H and O–H groups in total. The van der Waals surface area contributed by atoms with Gasteiger partial charge in [0.25, 0.3) is 0 Å². The van der Waals surface area contributed by atoms with E-state index in [0.29, 0.717) is 0 Å². The van der Waals surface area contributed by atoms with Crippen LogP contribution in [0, 0.1) is 5.41 Å². The first-order valence-electron chi connectivity index (χ1n) is 6.34. The Morgan fingerprint density at radius 1 is 1.50 bits per heavy atom. The second kappa shape index (κ2) is 4.74. The van der Waals surface area contributed by atoms with Crippen LogP contribution in [0.4, 0.5) is 0 Å². The third-order valence-electron chi connectivity index (χ3n) is 3.74. The number of carbonyl (C=O) groups is 1. The molecule has 1 saturated heterocycles. The SMILES string of the molecule is CCC(C)(C)NC(=O)C1NCCCC1(C)C. The number of nitrogens with one attached hydrogen (secondary N) is 2. The lowest BCUT2D eigenvalue weighted by Crippen LogP contribution is -2.59. The molecule has 1 aliphatic heterocycles. The molecule has 3 heteroatoms. The number of hydrogen-bond donors (Lipinski definition) is 2. The number of amides is 1. The summed E-state index contributed by atoms with van der Waals surface area (Å²) in [7, 11) is 0. The second-order valence-corrected chi connectivity index (χ2v) is 6.21. The largest absolute Gasteiger partial charge is 0.350 e. The van der Waals surface area contributed by atoms with Gasteiger partial charge < -0.3 is 10.6 Å². The Hall–Kier alpha value is -0.570. The van der Waals surface area contributed by atoms with Crippen LogP contribution in [0.25, 0.3) is 0 Å². The lowest BCUT2D eigenvalue weighted by molar-refractivity contribution is -0.128. The van der Waals surface area contributed by atoms with E-state index in [0.717, 1.165) is 25.8 Å². The van der Waals surface area contributed by atoms with E-state index in [-0.39, 0.29) is 22.9 Å². The first-order valence-corrected chi connectivity index (χ1v) is 6.34. The lowest BCUT2D eigenvalue weighted by Gasteiger charge is -2.40. The van der Waals surface area contributed by atoms with E-state index in [9.17, 15) is 4.79 Å². The Morgan fingerprint density at radius 3 is 2.62 bits per heavy atom. The quantitative estimate of drug-likeness (QED) is 0.773. The van der Waals surface area contributed by atoms with Gasteiger partial charge >= 0.3 is 0 Å². The first-order chi connectivity index (χ1) is 7.28. The van der Waals surface area contributed by atoms with Crippen molar-refractivity contribution in [3.63, 3.8) is 0 Å². The first kappa shape index (κ1) is 13.5. The van der Waals surface area contributed by atoms with Crippen molar-refractivity contribution < 1.29 is 4.79 Å². The predicted octanol–water partition coefficient (Wildman–Crippen LogP) is 2.07. The van der Waals surface area contributed by atoms with E-state index < -0.39 is 0 Å². The fourth-order valence-electron chi connectivity index (χ4n) is 2.15. The van der Waals surface area contributed by atoms with Crippen molar-refractivity contribution in [1.29, 1.82) is 0 Å². The van der Waals surface area contributed by atoms with Gasteiger partial charge in [0.1, 0.15) is 0 Å². The summed E-state index contributed by atoms with van der Waals surface area (Å²) in [4.78, 5) is 12.2. The van der Waals surface area contributed by atoms with E-state index in [4.69, 9.17) is 0 Å². The summed E-state index contributed by atoms with van der Waals surface area (Å²) in [5.41, 5.74) is -0.0432. The van der Waals surface area contributed by atoms with Crippen molar-refractivity contribution >= 4 is 5.91 Å². The average Bonchev–Trinajstić information content (AvgIpc) is 2.16. The predicted molar refractivity (Wildman–Crippen MR) is 67.3 cm³/mol. The minimum Gasteiger partial charge on any atom is -0.350 e. The van der Waals surface area contributed by atoms with Gasteiger partial charge in [-0.15, -0.1) is 0 Å². The fraction of sp³-hybridized carbons (Fsp3) is 0.923. The Morgan fingerprint density at radius 2 is 2.12 bits per heavy atom. The Labute approximate surface area is 99.4 Å². The Bertz CT molecular complexity index is 259. The van der Waals surface area contributed by atoms with Crippen molar-refractivity contribution in [2.75, 3.05) is 6.54 Å². The third kappa shape index (κ3) is 3.21. The van der Waals surface area contributed by atoms with Crippen LogP contribution < -0.4 is 10.6 Å². The third-order valence-corrected chi connectivity index (χ3v) is 3.74. The molecule has 1 rings (SSSR count). The summed E-state index contributed by atoms with van der Waals surface area (Å²) < 4.78 is 0. The van der Waals surface area contributed by atoms with Crippen LogP contribution in [0.3, 0.4) is 0 Å². The minimum atomic E-state index is -0.105. The molecule has 1 unspecified atom stereocenters. The summed E-state index contributed by atoms with van der Waals surface area (Å²) in [6, 6.07) is -0.0490. The van der Waals surface area contributed by atoms with Crippen LogP contribution >= 0.6 is 0 Å². The normalized spacial score (nSPS) is 25.2. The standard InChI is InChI=1S/C13H26N2O/c1-6-13(4,5)15-11(16)10-12(2,3)8-7-9-14-10/h10,14H,6-9H2,1-5H3,(H,15,16). The van der Waals surface area contributed by atoms with Gasteiger partial charge in [0.15, 0.2) is 0 Å². The van der Waals surface area contributed by atoms with Crippen LogP contribution in [-0.2, 0) is 4.79 Å². The molecule has 16 heavy (non-hydrogen) atoms. The van der Waals surface area contributed by atoms with E-state index in [2.05, 4.69) is 45.3 Å². The van der Waals surface area contributed by atoms with Gasteiger partial charge in [0.05, 0.1) is 6.04 Å². The highest BCUT2D eigenvalue weighted by molar-refractivity contribution is 5.83. The van der Waals surface area contributed by atoms with E-state index >= 15 is 0 Å². The molecule has 0 bridgehead atoms. The number of rotatable bonds is 3. The van der Waals surface area contributed by atoms with E-state index in [1.54, 1.807) is 0 Å². The minimum absolute atomic E-state index is 0.0490. The highest BCUT2D eigenvalue weighted by atomic mass is 16.2. The Balaban J connectivity index is 2.66. The fourth-order valence-corrected chi connectivity index (χ4v) is 2.15. The Kier molecular flexibility index (Phi) is 4.00. The molecule has 94 valence electrons. The summed E-state index contributed by atoms with van der Waals surface area (Å²) in [6.07, 6.45) is 3.23. The molecule has 1 heterocycles. The maximum atomic E-state index is 12.2. The molecule has 0 aromatic carbocycles. The van der Waals surface area contributed by atoms with Crippen molar-refractivity contribution in [3.8, 4) is 0 Å². The molecule has 0 aromatic rings. The molecule has 1 aliphatic rings. The smallest absolute Gasteiger partial charge is 0.238 e. The van der Waals surface area contributed by atoms with Crippen LogP contribution in [0.15, 0.2) is 0 Å². The molecule has 1 atom stereocenters. The second-order valence-electron chi connectivity index (χ2n) is 6.21. The molecule has 3 nitrogen and oxygen atoms in total. The van der Waals surface area contributed by atoms with Gasteiger partial charge in [0, 0.05) is 5.54 Å². The summed E-state index contributed by atoms with van der Waals surface area (Å²) in [6.45, 7) is 11.5. The van der Waals surface area contributed by atoms with Crippen molar-refractivity contribution in [2.45, 2.75) is 65.5 Å². The zero-order valence-corrected chi connectivity index (χ0v) is 11.3. The van der Waals surface area contributed by atoms with Crippen molar-refractivity contribution in [2.24, 2.45) is 5.41 Å². The number of piperidine rings is 1.